The zero-order valence-electron chi connectivity index (χ0n) is 78.9. The van der Waals surface area contributed by atoms with Gasteiger partial charge in [0.15, 0.2) is 36.4 Å². The van der Waals surface area contributed by atoms with Crippen molar-refractivity contribution in [1.82, 2.24) is 9.80 Å². The average molecular weight is 1970 g/mol. The zero-order valence-corrected chi connectivity index (χ0v) is 78.9. The molecule has 39 heteroatoms. The van der Waals surface area contributed by atoms with E-state index in [1.165, 1.54) is 18.2 Å². The summed E-state index contributed by atoms with van der Waals surface area (Å²) < 4.78 is 206. The molecule has 0 saturated carbocycles. The number of nitrogens with zero attached hydrogens (tertiary/aromatic N) is 9. The molecule has 10 heterocycles. The van der Waals surface area contributed by atoms with Crippen molar-refractivity contribution < 1.29 is 121 Å². The number of hydrogen-bond acceptors (Lipinski definition) is 28. The van der Waals surface area contributed by atoms with Crippen LogP contribution in [0.3, 0.4) is 0 Å². The predicted molar refractivity (Wildman–Crippen MR) is 501 cm³/mol. The Bertz CT molecular complexity index is 5880. The number of aliphatic imine (C=N–C) groups is 5. The highest BCUT2D eigenvalue weighted by Gasteiger charge is 2.61. The van der Waals surface area contributed by atoms with E-state index in [1.807, 2.05) is 110 Å². The standard InChI is InChI=1S/C31H34F2N2O4.C31H35FN2O5.C14H14F2N2O4.C13H13F2N3O4.C13H14F2N2O2/c1-20-9-10-23(27(15-20)37-4)19-35(18-22-11-12-24(36-3)16-21(22)2)30-34-31(25-7-5-6-8-26(25)33)13-14-38-29(31)28(17-32)39-30;1-20-9-10-23(27(15-20)37-4)18-34(17-22-11-12-24(36-3)16-21(22)2)30-33-31(25-7-5-6-8-26(25)32)13-14-38-29(31)28(19-35)39-30;1-8-17-14(4-5-21-13(14)12(7-15)22-8)10-6-9(18(19)20)2-3-11(10)16;14-6-10-11-13(3-4-21-11,17-12(16)22-10)8-5-7(18(19)20)1-2-9(8)15;14-7-10-11-13(5-6-18-11,17-12(16)19-10)8-3-1-2-4-9(8)15/h5-12,15-16,28-29H,13-14,17-19H2,1-4H3;5-12,15-16,28-29,35H,13-14,17-19H2,1-4H3;2-3,6,12-13H,4-5,7H2,1H3;1-2,5,10-11H,3-4,6H2,(H2,16,17);1-4,10-11H,5-7H2,(H2,16,17)/t2*28-,29+,31-;12-,13+,14-;2*10-,11+,13-/m11111/s1. The van der Waals surface area contributed by atoms with Crippen molar-refractivity contribution in [3.63, 3.8) is 0 Å². The van der Waals surface area contributed by atoms with Crippen LogP contribution in [0.15, 0.2) is 207 Å². The topological polar surface area (TPSA) is 356 Å². The van der Waals surface area contributed by atoms with Gasteiger partial charge in [0.05, 0.1) is 91.0 Å². The first-order valence-corrected chi connectivity index (χ1v) is 45.8. The number of benzene rings is 9. The predicted octanol–water partition coefficient (Wildman–Crippen LogP) is 16.2. The number of non-ortho nitro benzene ring substituents is 2. The van der Waals surface area contributed by atoms with Gasteiger partial charge < -0.3 is 92.7 Å². The number of halogens is 9. The van der Waals surface area contributed by atoms with Gasteiger partial charge in [-0.05, 0) is 128 Å². The van der Waals surface area contributed by atoms with E-state index in [-0.39, 0.29) is 78.5 Å². The molecule has 5 N–H and O–H groups in total. The summed E-state index contributed by atoms with van der Waals surface area (Å²) >= 11 is 0. The fourth-order valence-corrected chi connectivity index (χ4v) is 20.1. The lowest BCUT2D eigenvalue weighted by Gasteiger charge is -2.42. The summed E-state index contributed by atoms with van der Waals surface area (Å²) in [7, 11) is 6.57. The monoisotopic (exact) mass is 1960 g/mol. The Morgan fingerprint density at radius 2 is 0.688 bits per heavy atom. The van der Waals surface area contributed by atoms with Gasteiger partial charge in [0.1, 0.15) is 137 Å². The number of hydrogen-bond donors (Lipinski definition) is 3. The number of rotatable bonds is 24. The van der Waals surface area contributed by atoms with Crippen molar-refractivity contribution in [3.8, 4) is 23.0 Å². The molecule has 15 atom stereocenters. The summed E-state index contributed by atoms with van der Waals surface area (Å²) in [4.78, 5) is 47.5. The van der Waals surface area contributed by atoms with Crippen LogP contribution in [0.5, 0.6) is 23.0 Å². The Morgan fingerprint density at radius 3 is 1.03 bits per heavy atom. The van der Waals surface area contributed by atoms with Gasteiger partial charge in [0.2, 0.25) is 0 Å². The number of aliphatic hydroxyl groups excluding tert-OH is 1. The molecule has 30 nitrogen and oxygen atoms in total. The minimum atomic E-state index is -1.31. The first-order valence-electron chi connectivity index (χ1n) is 45.8. The number of methoxy groups -OCH3 is 4. The second kappa shape index (κ2) is 43.8. The lowest BCUT2D eigenvalue weighted by molar-refractivity contribution is -0.385. The average Bonchev–Trinajstić information content (AvgIpc) is 1.73. The molecular formula is C102H110F9N11O19. The van der Waals surface area contributed by atoms with E-state index in [0.717, 1.165) is 104 Å². The van der Waals surface area contributed by atoms with Crippen LogP contribution in [-0.4, -0.2) is 211 Å². The Kier molecular flexibility index (Phi) is 31.7. The molecule has 141 heavy (non-hydrogen) atoms. The third kappa shape index (κ3) is 20.8. The number of alkyl halides is 4. The Balaban J connectivity index is 0.000000137. The van der Waals surface area contributed by atoms with Crippen LogP contribution < -0.4 is 30.4 Å². The maximum absolute atomic E-state index is 15.3. The maximum atomic E-state index is 15.3. The molecule has 19 rings (SSSR count). The van der Waals surface area contributed by atoms with E-state index >= 15 is 8.78 Å². The summed E-state index contributed by atoms with van der Waals surface area (Å²) in [6, 6.07) is 49.9. The summed E-state index contributed by atoms with van der Waals surface area (Å²) in [6.07, 6.45) is -6.21. The largest absolute Gasteiger partial charge is 0.497 e. The fourth-order valence-electron chi connectivity index (χ4n) is 20.1. The van der Waals surface area contributed by atoms with E-state index in [2.05, 4.69) is 15.0 Å². The van der Waals surface area contributed by atoms with Gasteiger partial charge >= 0.3 is 0 Å². The minimum Gasteiger partial charge on any atom is -0.497 e. The molecular weight excluding hydrogens is 1850 g/mol. The molecule has 5 fully saturated rings. The molecule has 750 valence electrons. The van der Waals surface area contributed by atoms with E-state index < -0.39 is 149 Å². The highest BCUT2D eigenvalue weighted by molar-refractivity contribution is 5.79. The van der Waals surface area contributed by atoms with Gasteiger partial charge in [0, 0.05) is 115 Å². The normalized spacial score (nSPS) is 26.2. The van der Waals surface area contributed by atoms with Gasteiger partial charge in [0.25, 0.3) is 35.5 Å². The van der Waals surface area contributed by atoms with Gasteiger partial charge in [-0.1, -0.05) is 91.0 Å². The zero-order chi connectivity index (χ0) is 100. The van der Waals surface area contributed by atoms with Gasteiger partial charge in [-0.2, -0.15) is 0 Å². The highest BCUT2D eigenvalue weighted by atomic mass is 19.2. The van der Waals surface area contributed by atoms with Crippen molar-refractivity contribution in [3.05, 3.63) is 304 Å². The molecule has 0 aromatic heterocycles. The van der Waals surface area contributed by atoms with E-state index in [9.17, 15) is 56.1 Å². The molecule has 0 bridgehead atoms. The molecule has 9 aromatic carbocycles. The minimum absolute atomic E-state index is 0.0334. The summed E-state index contributed by atoms with van der Waals surface area (Å²) in [5, 5.41) is 32.2. The molecule has 0 aliphatic carbocycles. The Hall–Kier alpha value is -13.3. The van der Waals surface area contributed by atoms with Crippen molar-refractivity contribution in [2.75, 3.05) is 94.8 Å². The van der Waals surface area contributed by atoms with E-state index in [0.29, 0.717) is 94.4 Å². The van der Waals surface area contributed by atoms with Gasteiger partial charge in [-0.3, -0.25) is 20.2 Å². The van der Waals surface area contributed by atoms with Crippen LogP contribution in [0.4, 0.5) is 50.9 Å². The smallest absolute Gasteiger partial charge is 0.289 e. The SMILES string of the molecule is CC1=N[C@@]2(c3cc([N+](=O)[O-])ccc3F)CCO[C@H]2[C@@H](CF)O1.COc1ccc(CN(Cc2ccc(C)cc2OC)C2=N[C@@]3(c4ccccc4F)CCO[C@H]3[C@@H](CF)O2)c(C)c1.COc1ccc(CN(Cc2ccc(C)cc2OC)C2=N[C@@]3(c4ccccc4F)CCO[C@H]3[C@@H](CO)O2)c(C)c1.NC1=N[C@@]2(c3cc([N+](=O)[O-])ccc3F)CCO[C@H]2[C@@H](CF)O1.NC1=N[C@@]2(c3ccccc3F)CCO[C@H]2[C@@H](CF)O1. The number of amidine groups is 4. The number of nitro benzene ring substituents is 2. The van der Waals surface area contributed by atoms with E-state index in [4.69, 9.17) is 87.8 Å². The first-order chi connectivity index (χ1) is 67.9. The summed E-state index contributed by atoms with van der Waals surface area (Å²) in [5.74, 6) is 0.790. The lowest BCUT2D eigenvalue weighted by atomic mass is 9.80. The molecule has 0 amide bonds. The number of nitro groups is 2. The number of nitrogens with two attached hydrogens (primary N) is 2. The van der Waals surface area contributed by atoms with Crippen LogP contribution in [-0.2, 0) is 101 Å². The summed E-state index contributed by atoms with van der Waals surface area (Å²) in [5.41, 5.74) is 14.5. The highest BCUT2D eigenvalue weighted by Crippen LogP contribution is 2.53. The third-order valence-electron chi connectivity index (χ3n) is 26.9. The van der Waals surface area contributed by atoms with Crippen LogP contribution in [0, 0.1) is 77.0 Å². The molecule has 0 radical (unpaired) electrons. The van der Waals surface area contributed by atoms with Crippen LogP contribution in [0.1, 0.15) is 111 Å². The quantitative estimate of drug-likeness (QED) is 0.0287. The number of aryl methyl sites for hydroxylation is 4. The van der Waals surface area contributed by atoms with Crippen LogP contribution >= 0.6 is 0 Å². The molecule has 10 aliphatic heterocycles. The van der Waals surface area contributed by atoms with Crippen LogP contribution in [0.25, 0.3) is 0 Å². The van der Waals surface area contributed by atoms with Crippen molar-refractivity contribution in [2.24, 2.45) is 36.4 Å². The van der Waals surface area contributed by atoms with Gasteiger partial charge in [-0.15, -0.1) is 0 Å². The molecule has 0 spiro atoms. The second-order valence-electron chi connectivity index (χ2n) is 35.4. The van der Waals surface area contributed by atoms with Crippen molar-refractivity contribution in [1.29, 1.82) is 0 Å². The van der Waals surface area contributed by atoms with E-state index in [1.54, 1.807) is 90.0 Å². The Morgan fingerprint density at radius 1 is 0.376 bits per heavy atom. The Labute approximate surface area is 807 Å². The molecule has 9 aromatic rings. The number of aliphatic hydroxyl groups is 1. The molecule has 10 aliphatic rings. The number of fused-ring (bicyclic) bond motifs is 5. The second-order valence-corrected chi connectivity index (χ2v) is 35.4. The van der Waals surface area contributed by atoms with Crippen molar-refractivity contribution >= 4 is 41.4 Å². The first kappa shape index (κ1) is 102. The molecule has 5 saturated heterocycles. The fraction of sp³-hybridized carbons (Fsp3) is 0.422. The van der Waals surface area contributed by atoms with Crippen LogP contribution in [0.2, 0.25) is 0 Å². The maximum Gasteiger partial charge on any atom is 0.289 e. The van der Waals surface area contributed by atoms with Gasteiger partial charge in [-0.25, -0.2) is 64.5 Å². The number of ether oxygens (including phenoxy) is 14. The van der Waals surface area contributed by atoms with Crippen molar-refractivity contribution in [2.45, 2.75) is 182 Å². The third-order valence-corrected chi connectivity index (χ3v) is 26.9. The lowest BCUT2D eigenvalue weighted by Crippen LogP contribution is -2.53. The summed E-state index contributed by atoms with van der Waals surface area (Å²) in [6.45, 7) is 9.31. The molecule has 0 unspecified atom stereocenters.